The van der Waals surface area contributed by atoms with Crippen molar-refractivity contribution in [2.45, 2.75) is 57.6 Å². The number of rotatable bonds is 1. The van der Waals surface area contributed by atoms with Crippen molar-refractivity contribution in [3.63, 3.8) is 0 Å². The molecule has 16 heavy (non-hydrogen) atoms. The Balaban J connectivity index is 2.24. The van der Waals surface area contributed by atoms with Gasteiger partial charge >= 0.3 is 0 Å². The van der Waals surface area contributed by atoms with Gasteiger partial charge in [0, 0.05) is 5.25 Å². The monoisotopic (exact) mass is 234 g/mol. The molecular formula is C15H22S. The van der Waals surface area contributed by atoms with E-state index < -0.39 is 0 Å². The van der Waals surface area contributed by atoms with Crippen molar-refractivity contribution in [3.05, 3.63) is 34.4 Å². The fourth-order valence-electron chi connectivity index (χ4n) is 2.81. The fraction of sp³-hybridized carbons (Fsp3) is 0.600. The molecule has 0 bridgehead atoms. The van der Waals surface area contributed by atoms with Crippen LogP contribution in [0.4, 0.5) is 0 Å². The maximum absolute atomic E-state index is 4.58. The van der Waals surface area contributed by atoms with Crippen LogP contribution in [-0.2, 0) is 0 Å². The lowest BCUT2D eigenvalue weighted by molar-refractivity contribution is 0.453. The molecule has 1 aliphatic rings. The smallest absolute Gasteiger partial charge is 0.00172 e. The van der Waals surface area contributed by atoms with E-state index in [1.165, 1.54) is 42.4 Å². The van der Waals surface area contributed by atoms with Gasteiger partial charge in [-0.2, -0.15) is 12.6 Å². The molecule has 1 aromatic carbocycles. The Kier molecular flexibility index (Phi) is 3.63. The average Bonchev–Trinajstić information content (AvgIpc) is 2.28. The van der Waals surface area contributed by atoms with Crippen LogP contribution in [0.25, 0.3) is 0 Å². The normalized spacial score (nSPS) is 25.8. The van der Waals surface area contributed by atoms with Gasteiger partial charge < -0.3 is 0 Å². The van der Waals surface area contributed by atoms with Crippen molar-refractivity contribution < 1.29 is 0 Å². The zero-order valence-corrected chi connectivity index (χ0v) is 11.5. The van der Waals surface area contributed by atoms with E-state index in [1.807, 2.05) is 0 Å². The number of benzene rings is 1. The van der Waals surface area contributed by atoms with Crippen molar-refractivity contribution in [1.29, 1.82) is 0 Å². The zero-order chi connectivity index (χ0) is 11.7. The van der Waals surface area contributed by atoms with Crippen LogP contribution >= 0.6 is 12.6 Å². The van der Waals surface area contributed by atoms with E-state index in [4.69, 9.17) is 0 Å². The summed E-state index contributed by atoms with van der Waals surface area (Å²) >= 11 is 4.58. The van der Waals surface area contributed by atoms with Crippen LogP contribution in [0.2, 0.25) is 0 Å². The SMILES string of the molecule is Cc1ccc(C2CCC(S)CC2)c(C)c1C. The highest BCUT2D eigenvalue weighted by atomic mass is 32.1. The summed E-state index contributed by atoms with van der Waals surface area (Å²) in [5.41, 5.74) is 6.00. The molecule has 0 saturated heterocycles. The van der Waals surface area contributed by atoms with E-state index in [1.54, 1.807) is 5.56 Å². The molecule has 0 radical (unpaired) electrons. The van der Waals surface area contributed by atoms with Gasteiger partial charge in [0.25, 0.3) is 0 Å². The summed E-state index contributed by atoms with van der Waals surface area (Å²) in [6.07, 6.45) is 5.19. The van der Waals surface area contributed by atoms with E-state index in [0.29, 0.717) is 5.25 Å². The van der Waals surface area contributed by atoms with Crippen LogP contribution in [0.15, 0.2) is 12.1 Å². The third-order valence-corrected chi connectivity index (χ3v) is 4.75. The first-order valence-electron chi connectivity index (χ1n) is 6.34. The molecule has 0 aromatic heterocycles. The van der Waals surface area contributed by atoms with Gasteiger partial charge in [0.15, 0.2) is 0 Å². The van der Waals surface area contributed by atoms with Crippen LogP contribution < -0.4 is 0 Å². The molecule has 1 fully saturated rings. The van der Waals surface area contributed by atoms with E-state index in [2.05, 4.69) is 45.5 Å². The summed E-state index contributed by atoms with van der Waals surface area (Å²) in [4.78, 5) is 0. The Morgan fingerprint density at radius 2 is 1.56 bits per heavy atom. The number of aryl methyl sites for hydroxylation is 1. The van der Waals surface area contributed by atoms with Crippen molar-refractivity contribution in [2.75, 3.05) is 0 Å². The van der Waals surface area contributed by atoms with Gasteiger partial charge in [0.2, 0.25) is 0 Å². The molecule has 1 aromatic rings. The predicted molar refractivity (Wildman–Crippen MR) is 74.6 cm³/mol. The minimum Gasteiger partial charge on any atom is -0.176 e. The van der Waals surface area contributed by atoms with Crippen LogP contribution in [0.5, 0.6) is 0 Å². The van der Waals surface area contributed by atoms with Gasteiger partial charge in [-0.15, -0.1) is 0 Å². The van der Waals surface area contributed by atoms with E-state index in [0.717, 1.165) is 5.92 Å². The summed E-state index contributed by atoms with van der Waals surface area (Å²) in [5, 5.41) is 0.642. The molecular weight excluding hydrogens is 212 g/mol. The van der Waals surface area contributed by atoms with Crippen molar-refractivity contribution in [2.24, 2.45) is 0 Å². The Bertz CT molecular complexity index is 373. The lowest BCUT2D eigenvalue weighted by atomic mass is 9.80. The molecule has 2 rings (SSSR count). The molecule has 0 spiro atoms. The lowest BCUT2D eigenvalue weighted by Gasteiger charge is -2.28. The molecule has 0 nitrogen and oxygen atoms in total. The molecule has 1 saturated carbocycles. The zero-order valence-electron chi connectivity index (χ0n) is 10.6. The molecule has 1 aliphatic carbocycles. The summed E-state index contributed by atoms with van der Waals surface area (Å²) in [5.74, 6) is 0.780. The maximum Gasteiger partial charge on any atom is 0.00172 e. The summed E-state index contributed by atoms with van der Waals surface area (Å²) in [7, 11) is 0. The highest BCUT2D eigenvalue weighted by molar-refractivity contribution is 7.80. The van der Waals surface area contributed by atoms with Crippen molar-refractivity contribution >= 4 is 12.6 Å². The first-order valence-corrected chi connectivity index (χ1v) is 6.86. The maximum atomic E-state index is 4.58. The van der Waals surface area contributed by atoms with Gasteiger partial charge in [-0.25, -0.2) is 0 Å². The number of hydrogen-bond acceptors (Lipinski definition) is 1. The Hall–Kier alpha value is -0.430. The second kappa shape index (κ2) is 4.83. The molecule has 0 N–H and O–H groups in total. The summed E-state index contributed by atoms with van der Waals surface area (Å²) in [6.45, 7) is 6.74. The third-order valence-electron chi connectivity index (χ3n) is 4.24. The largest absolute Gasteiger partial charge is 0.176 e. The van der Waals surface area contributed by atoms with Gasteiger partial charge in [0.1, 0.15) is 0 Å². The quantitative estimate of drug-likeness (QED) is 0.676. The molecule has 0 heterocycles. The summed E-state index contributed by atoms with van der Waals surface area (Å²) < 4.78 is 0. The minimum atomic E-state index is 0.642. The molecule has 1 heteroatoms. The lowest BCUT2D eigenvalue weighted by Crippen LogP contribution is -2.14. The third kappa shape index (κ3) is 2.29. The van der Waals surface area contributed by atoms with Crippen LogP contribution in [0, 0.1) is 20.8 Å². The van der Waals surface area contributed by atoms with Crippen LogP contribution in [-0.4, -0.2) is 5.25 Å². The second-order valence-corrected chi connectivity index (χ2v) is 5.96. The Labute approximate surface area is 105 Å². The van der Waals surface area contributed by atoms with Gasteiger partial charge in [-0.05, 0) is 74.6 Å². The van der Waals surface area contributed by atoms with Gasteiger partial charge in [0.05, 0.1) is 0 Å². The molecule has 88 valence electrons. The van der Waals surface area contributed by atoms with Gasteiger partial charge in [-0.1, -0.05) is 12.1 Å². The second-order valence-electron chi connectivity index (χ2n) is 5.23. The topological polar surface area (TPSA) is 0 Å². The van der Waals surface area contributed by atoms with Gasteiger partial charge in [-0.3, -0.25) is 0 Å². The highest BCUT2D eigenvalue weighted by Crippen LogP contribution is 2.37. The van der Waals surface area contributed by atoms with E-state index in [9.17, 15) is 0 Å². The predicted octanol–water partition coefficient (Wildman–Crippen LogP) is 4.57. The number of hydrogen-bond donors (Lipinski definition) is 1. The Morgan fingerprint density at radius 3 is 2.19 bits per heavy atom. The standard InChI is InChI=1S/C15H22S/c1-10-4-9-15(12(3)11(10)2)13-5-7-14(16)8-6-13/h4,9,13-14,16H,5-8H2,1-3H3. The minimum absolute atomic E-state index is 0.642. The summed E-state index contributed by atoms with van der Waals surface area (Å²) in [6, 6.07) is 4.63. The first kappa shape index (κ1) is 12.0. The molecule has 0 unspecified atom stereocenters. The molecule has 0 atom stereocenters. The van der Waals surface area contributed by atoms with E-state index >= 15 is 0 Å². The van der Waals surface area contributed by atoms with Crippen LogP contribution in [0.1, 0.15) is 53.9 Å². The van der Waals surface area contributed by atoms with Crippen LogP contribution in [0.3, 0.4) is 0 Å². The van der Waals surface area contributed by atoms with E-state index in [-0.39, 0.29) is 0 Å². The average molecular weight is 234 g/mol. The first-order chi connectivity index (χ1) is 7.59. The van der Waals surface area contributed by atoms with Crippen molar-refractivity contribution in [1.82, 2.24) is 0 Å². The Morgan fingerprint density at radius 1 is 0.938 bits per heavy atom. The molecule has 0 aliphatic heterocycles. The van der Waals surface area contributed by atoms with Crippen molar-refractivity contribution in [3.8, 4) is 0 Å². The molecule has 0 amide bonds. The number of thiol groups is 1. The highest BCUT2D eigenvalue weighted by Gasteiger charge is 2.21. The fourth-order valence-corrected chi connectivity index (χ4v) is 3.10.